The fourth-order valence-corrected chi connectivity index (χ4v) is 7.35. The number of Topliss-reactive ketones (excluding diaryl/α,β-unsaturated/α-hetero) is 2. The van der Waals surface area contributed by atoms with Gasteiger partial charge < -0.3 is 10.2 Å². The summed E-state index contributed by atoms with van der Waals surface area (Å²) < 4.78 is 0. The number of carbonyl (C=O) groups is 3. The first kappa shape index (κ1) is 26.1. The largest absolute Gasteiger partial charge is 0.352 e. The molecule has 0 unspecified atom stereocenters. The van der Waals surface area contributed by atoms with Crippen molar-refractivity contribution in [1.29, 1.82) is 0 Å². The maximum Gasteiger partial charge on any atom is 0.238 e. The molecular weight excluding hydrogens is 520 g/mol. The van der Waals surface area contributed by atoms with Gasteiger partial charge in [0.05, 0.1) is 12.0 Å². The highest BCUT2D eigenvalue weighted by Gasteiger charge is 2.70. The van der Waals surface area contributed by atoms with Crippen LogP contribution in [0.3, 0.4) is 0 Å². The lowest BCUT2D eigenvalue weighted by molar-refractivity contribution is -0.121. The van der Waals surface area contributed by atoms with Gasteiger partial charge in [-0.2, -0.15) is 0 Å². The van der Waals surface area contributed by atoms with Crippen molar-refractivity contribution in [2.24, 2.45) is 11.8 Å². The third kappa shape index (κ3) is 3.80. The van der Waals surface area contributed by atoms with Crippen LogP contribution in [0.25, 0.3) is 6.08 Å². The Hall–Kier alpha value is -4.77. The summed E-state index contributed by atoms with van der Waals surface area (Å²) >= 11 is 0. The Morgan fingerprint density at radius 3 is 2.24 bits per heavy atom. The van der Waals surface area contributed by atoms with Crippen molar-refractivity contribution in [3.05, 3.63) is 137 Å². The van der Waals surface area contributed by atoms with Crippen LogP contribution < -0.4 is 10.2 Å². The van der Waals surface area contributed by atoms with Crippen LogP contribution in [-0.4, -0.2) is 29.6 Å². The Morgan fingerprint density at radius 1 is 0.810 bits per heavy atom. The molecule has 0 bridgehead atoms. The molecule has 0 saturated carbocycles. The molecule has 1 saturated heterocycles. The van der Waals surface area contributed by atoms with E-state index in [1.807, 2.05) is 108 Å². The molecule has 0 aromatic heterocycles. The van der Waals surface area contributed by atoms with E-state index in [0.29, 0.717) is 22.7 Å². The van der Waals surface area contributed by atoms with Gasteiger partial charge in [-0.15, -0.1) is 0 Å². The van der Waals surface area contributed by atoms with Crippen LogP contribution in [0.1, 0.15) is 51.3 Å². The van der Waals surface area contributed by atoms with E-state index in [2.05, 4.69) is 19.2 Å². The number of anilines is 2. The molecule has 208 valence electrons. The molecule has 1 spiro atoms. The first-order chi connectivity index (χ1) is 20.4. The van der Waals surface area contributed by atoms with Gasteiger partial charge in [0.25, 0.3) is 0 Å². The zero-order valence-electron chi connectivity index (χ0n) is 23.7. The van der Waals surface area contributed by atoms with Gasteiger partial charge in [-0.25, -0.2) is 0 Å². The van der Waals surface area contributed by atoms with Gasteiger partial charge in [-0.1, -0.05) is 117 Å². The number of amides is 1. The van der Waals surface area contributed by atoms with Crippen LogP contribution in [0.4, 0.5) is 11.4 Å². The molecule has 3 aliphatic rings. The van der Waals surface area contributed by atoms with E-state index in [1.165, 1.54) is 0 Å². The summed E-state index contributed by atoms with van der Waals surface area (Å²) in [5.74, 6) is -1.10. The molecule has 1 N–H and O–H groups in total. The van der Waals surface area contributed by atoms with Gasteiger partial charge in [0.2, 0.25) is 5.91 Å². The zero-order valence-corrected chi connectivity index (χ0v) is 23.7. The molecule has 5 heteroatoms. The summed E-state index contributed by atoms with van der Waals surface area (Å²) in [6, 6.07) is 30.9. The van der Waals surface area contributed by atoms with Gasteiger partial charge in [0.15, 0.2) is 11.6 Å². The van der Waals surface area contributed by atoms with E-state index < -0.39 is 23.4 Å². The van der Waals surface area contributed by atoms with Crippen LogP contribution >= 0.6 is 0 Å². The Kier molecular flexibility index (Phi) is 6.19. The molecule has 3 heterocycles. The Morgan fingerprint density at radius 2 is 1.48 bits per heavy atom. The highest BCUT2D eigenvalue weighted by molar-refractivity contribution is 6.18. The van der Waals surface area contributed by atoms with Crippen molar-refractivity contribution in [2.75, 3.05) is 10.2 Å². The van der Waals surface area contributed by atoms with E-state index in [1.54, 1.807) is 12.1 Å². The fourth-order valence-electron chi connectivity index (χ4n) is 7.35. The molecule has 42 heavy (non-hydrogen) atoms. The predicted molar refractivity (Wildman–Crippen MR) is 166 cm³/mol. The molecule has 1 fully saturated rings. The van der Waals surface area contributed by atoms with Crippen molar-refractivity contribution in [3.8, 4) is 0 Å². The van der Waals surface area contributed by atoms with Crippen LogP contribution in [0, 0.1) is 11.8 Å². The second-order valence-electron chi connectivity index (χ2n) is 12.0. The molecule has 5 nitrogen and oxygen atoms in total. The van der Waals surface area contributed by atoms with Crippen molar-refractivity contribution in [2.45, 2.75) is 37.8 Å². The minimum absolute atomic E-state index is 0.172. The normalized spacial score (nSPS) is 23.5. The number of benzene rings is 4. The second-order valence-corrected chi connectivity index (χ2v) is 12.0. The summed E-state index contributed by atoms with van der Waals surface area (Å²) in [4.78, 5) is 46.0. The molecule has 4 aromatic rings. The van der Waals surface area contributed by atoms with Crippen molar-refractivity contribution >= 4 is 34.9 Å². The third-order valence-corrected chi connectivity index (χ3v) is 9.03. The molecular formula is C37H32N2O3. The number of fused-ring (bicyclic) bond motifs is 6. The molecule has 0 aliphatic carbocycles. The first-order valence-electron chi connectivity index (χ1n) is 14.6. The van der Waals surface area contributed by atoms with Gasteiger partial charge in [0, 0.05) is 22.5 Å². The Balaban J connectivity index is 1.48. The predicted octanol–water partition coefficient (Wildman–Crippen LogP) is 6.74. The molecule has 4 atom stereocenters. The van der Waals surface area contributed by atoms with Gasteiger partial charge in [-0.05, 0) is 41.2 Å². The van der Waals surface area contributed by atoms with Gasteiger partial charge in [0.1, 0.15) is 11.5 Å². The number of rotatable bonds is 6. The summed E-state index contributed by atoms with van der Waals surface area (Å²) in [6.45, 7) is 4.33. The van der Waals surface area contributed by atoms with Gasteiger partial charge >= 0.3 is 0 Å². The molecule has 7 rings (SSSR count). The number of hydrogen-bond donors (Lipinski definition) is 1. The van der Waals surface area contributed by atoms with Crippen molar-refractivity contribution in [3.63, 3.8) is 0 Å². The monoisotopic (exact) mass is 552 g/mol. The van der Waals surface area contributed by atoms with E-state index in [9.17, 15) is 14.4 Å². The molecule has 3 aliphatic heterocycles. The number of nitrogens with one attached hydrogen (secondary N) is 1. The highest BCUT2D eigenvalue weighted by Crippen LogP contribution is 2.58. The third-order valence-electron chi connectivity index (χ3n) is 9.03. The minimum Gasteiger partial charge on any atom is -0.352 e. The van der Waals surface area contributed by atoms with Crippen LogP contribution in [0.15, 0.2) is 109 Å². The van der Waals surface area contributed by atoms with Crippen molar-refractivity contribution < 1.29 is 14.4 Å². The number of ketones is 2. The summed E-state index contributed by atoms with van der Waals surface area (Å²) in [5.41, 5.74) is 4.11. The first-order valence-corrected chi connectivity index (χ1v) is 14.6. The smallest absolute Gasteiger partial charge is 0.238 e. The Labute approximate surface area is 245 Å². The fraction of sp³-hybridized carbons (Fsp3) is 0.216. The second kappa shape index (κ2) is 9.95. The zero-order chi connectivity index (χ0) is 29.0. The highest BCUT2D eigenvalue weighted by atomic mass is 16.2. The number of carbonyl (C=O) groups excluding carboxylic acids is 3. The number of para-hydroxylation sites is 2. The average molecular weight is 553 g/mol. The average Bonchev–Trinajstić information content (AvgIpc) is 3.49. The molecule has 4 aromatic carbocycles. The standard InChI is InChI=1S/C37H32N2O3/c1-23(2)22-24-16-18-27(19-17-24)34(40)32-33(35(41)26-11-4-3-5-12-26)39-30-15-9-6-10-25(30)20-21-31(39)37(32)28-13-7-8-14-29(28)38-36(37)42/h3-21,23,31-33H,22H2,1-2H3,(H,38,42)/t31-,32+,33-,37-/m1/s1. The molecule has 1 amide bonds. The summed E-state index contributed by atoms with van der Waals surface area (Å²) in [7, 11) is 0. The van der Waals surface area contributed by atoms with E-state index >= 15 is 0 Å². The van der Waals surface area contributed by atoms with Gasteiger partial charge in [-0.3, -0.25) is 14.4 Å². The topological polar surface area (TPSA) is 66.5 Å². The number of hydrogen-bond acceptors (Lipinski definition) is 4. The van der Waals surface area contributed by atoms with E-state index in [0.717, 1.165) is 28.8 Å². The summed E-state index contributed by atoms with van der Waals surface area (Å²) in [5, 5.41) is 3.09. The maximum absolute atomic E-state index is 14.9. The summed E-state index contributed by atoms with van der Waals surface area (Å²) in [6.07, 6.45) is 4.93. The van der Waals surface area contributed by atoms with Crippen LogP contribution in [0.5, 0.6) is 0 Å². The quantitative estimate of drug-likeness (QED) is 0.269. The van der Waals surface area contributed by atoms with Crippen LogP contribution in [0.2, 0.25) is 0 Å². The molecule has 0 radical (unpaired) electrons. The van der Waals surface area contributed by atoms with Crippen LogP contribution in [-0.2, 0) is 16.6 Å². The van der Waals surface area contributed by atoms with E-state index in [4.69, 9.17) is 0 Å². The lowest BCUT2D eigenvalue weighted by Crippen LogP contribution is -2.51. The van der Waals surface area contributed by atoms with E-state index in [-0.39, 0.29) is 17.5 Å². The number of nitrogens with zero attached hydrogens (tertiary/aromatic N) is 1. The minimum atomic E-state index is -1.30. The Bertz CT molecular complexity index is 1740. The lowest BCUT2D eigenvalue weighted by atomic mass is 9.64. The SMILES string of the molecule is CC(C)Cc1ccc(C(=O)[C@@H]2[C@H](C(=O)c3ccccc3)N3c4ccccc4C=C[C@@H]3[C@@]23C(=O)Nc2ccccc23)cc1. The van der Waals surface area contributed by atoms with Crippen molar-refractivity contribution in [1.82, 2.24) is 0 Å². The lowest BCUT2D eigenvalue weighted by Gasteiger charge is -2.37. The maximum atomic E-state index is 14.9.